The molecule has 0 radical (unpaired) electrons. The Kier molecular flexibility index (Phi) is 9.92. The summed E-state index contributed by atoms with van der Waals surface area (Å²) in [4.78, 5) is 11.3. The van der Waals surface area contributed by atoms with Gasteiger partial charge in [0.15, 0.2) is 6.10 Å². The summed E-state index contributed by atoms with van der Waals surface area (Å²) >= 11 is 0. The van der Waals surface area contributed by atoms with Crippen molar-refractivity contribution in [2.45, 2.75) is 50.0 Å². The van der Waals surface area contributed by atoms with Crippen molar-refractivity contribution in [1.29, 1.82) is 0 Å². The summed E-state index contributed by atoms with van der Waals surface area (Å²) in [6.45, 7) is 4.58. The lowest BCUT2D eigenvalue weighted by Gasteiger charge is -2.24. The van der Waals surface area contributed by atoms with Crippen molar-refractivity contribution >= 4 is 21.7 Å². The number of hydrogen-bond acceptors (Lipinski definition) is 8. The Labute approximate surface area is 262 Å². The molecule has 10 nitrogen and oxygen atoms in total. The highest BCUT2D eigenvalue weighted by molar-refractivity contribution is 7.92. The van der Waals surface area contributed by atoms with Gasteiger partial charge in [0, 0.05) is 24.2 Å². The molecule has 4 aromatic carbocycles. The topological polar surface area (TPSA) is 143 Å². The molecule has 4 aromatic rings. The Morgan fingerprint density at radius 1 is 0.978 bits per heavy atom. The molecule has 0 aromatic heterocycles. The van der Waals surface area contributed by atoms with Crippen LogP contribution in [-0.4, -0.2) is 49.9 Å². The lowest BCUT2D eigenvalue weighted by molar-refractivity contribution is -0.145. The molecule has 0 saturated carbocycles. The Balaban J connectivity index is 1.14. The van der Waals surface area contributed by atoms with Crippen LogP contribution in [0.3, 0.4) is 0 Å². The number of aliphatic hydroxyl groups excluding tert-OH is 1. The van der Waals surface area contributed by atoms with Crippen molar-refractivity contribution in [3.63, 3.8) is 0 Å². The van der Waals surface area contributed by atoms with Crippen molar-refractivity contribution in [3.05, 3.63) is 102 Å². The highest BCUT2D eigenvalue weighted by Gasteiger charge is 2.24. The quantitative estimate of drug-likeness (QED) is 0.151. The highest BCUT2D eigenvalue weighted by atomic mass is 32.2. The summed E-state index contributed by atoms with van der Waals surface area (Å²) in [6.07, 6.45) is -1.52. The summed E-state index contributed by atoms with van der Waals surface area (Å²) in [6, 6.07) is 26.0. The number of aliphatic carboxylic acids is 1. The number of benzene rings is 4. The van der Waals surface area contributed by atoms with Crippen molar-refractivity contribution in [2.24, 2.45) is 0 Å². The number of aliphatic hydroxyl groups is 1. The highest BCUT2D eigenvalue weighted by Crippen LogP contribution is 2.33. The van der Waals surface area contributed by atoms with E-state index >= 15 is 0 Å². The molecule has 0 spiro atoms. The molecule has 4 N–H and O–H groups in total. The number of fused-ring (bicyclic) bond motifs is 4. The standard InChI is InChI=1S/C34H36N2O8S/c1-3-32(34(38)39)44-27-13-9-25(10-14-27)24-7-11-26(12-8-24)42-18-17-35-22(2)33(37)30-16-15-28-20-31(30)36-45(40,41)29-6-4-5-23(19-29)21-43-28/h4-16,19-20,22,32-33,35-37H,3,17-18,21H2,1-2H3,(H,38,39)/t22-,32?,33-/m0/s1. The molecule has 4 bridgehead atoms. The first-order valence-corrected chi connectivity index (χ1v) is 16.1. The molecule has 0 saturated heterocycles. The van der Waals surface area contributed by atoms with Gasteiger partial charge in [0.05, 0.1) is 16.7 Å². The smallest absolute Gasteiger partial charge is 0.344 e. The number of sulfonamides is 1. The number of rotatable bonds is 12. The van der Waals surface area contributed by atoms with Gasteiger partial charge in [-0.1, -0.05) is 49.4 Å². The van der Waals surface area contributed by atoms with Gasteiger partial charge in [-0.3, -0.25) is 4.72 Å². The minimum atomic E-state index is -3.87. The van der Waals surface area contributed by atoms with Crippen molar-refractivity contribution in [2.75, 3.05) is 17.9 Å². The number of hydrogen-bond donors (Lipinski definition) is 4. The summed E-state index contributed by atoms with van der Waals surface area (Å²) in [5, 5.41) is 23.6. The maximum Gasteiger partial charge on any atom is 0.344 e. The molecule has 0 aliphatic carbocycles. The van der Waals surface area contributed by atoms with Gasteiger partial charge in [-0.05, 0) is 72.5 Å². The fraction of sp³-hybridized carbons (Fsp3) is 0.265. The molecule has 1 aliphatic rings. The number of anilines is 1. The zero-order valence-corrected chi connectivity index (χ0v) is 25.8. The Morgan fingerprint density at radius 2 is 1.67 bits per heavy atom. The van der Waals surface area contributed by atoms with Crippen LogP contribution < -0.4 is 24.2 Å². The van der Waals surface area contributed by atoms with Gasteiger partial charge in [0.25, 0.3) is 10.0 Å². The van der Waals surface area contributed by atoms with E-state index in [2.05, 4.69) is 10.0 Å². The lowest BCUT2D eigenvalue weighted by atomic mass is 10.0. The summed E-state index contributed by atoms with van der Waals surface area (Å²) in [7, 11) is -3.87. The predicted molar refractivity (Wildman–Crippen MR) is 170 cm³/mol. The third-order valence-electron chi connectivity index (χ3n) is 7.48. The van der Waals surface area contributed by atoms with Crippen LogP contribution in [0.1, 0.15) is 37.5 Å². The summed E-state index contributed by atoms with van der Waals surface area (Å²) in [5.41, 5.74) is 3.34. The van der Waals surface area contributed by atoms with E-state index in [0.717, 1.165) is 16.7 Å². The molecule has 11 heteroatoms. The van der Waals surface area contributed by atoms with E-state index in [1.807, 2.05) is 43.3 Å². The van der Waals surface area contributed by atoms with Crippen LogP contribution in [0.2, 0.25) is 0 Å². The zero-order chi connectivity index (χ0) is 32.0. The van der Waals surface area contributed by atoms with E-state index < -0.39 is 34.2 Å². The zero-order valence-electron chi connectivity index (χ0n) is 25.0. The van der Waals surface area contributed by atoms with E-state index in [4.69, 9.17) is 14.2 Å². The Morgan fingerprint density at radius 3 is 2.33 bits per heavy atom. The van der Waals surface area contributed by atoms with E-state index in [1.165, 1.54) is 6.07 Å². The maximum atomic E-state index is 13.1. The third kappa shape index (κ3) is 7.93. The molecule has 45 heavy (non-hydrogen) atoms. The fourth-order valence-corrected chi connectivity index (χ4v) is 6.07. The fourth-order valence-electron chi connectivity index (χ4n) is 4.92. The molecule has 1 unspecified atom stereocenters. The Hall–Kier alpha value is -4.58. The van der Waals surface area contributed by atoms with E-state index in [-0.39, 0.29) is 17.2 Å². The normalized spacial score (nSPS) is 15.4. The average molecular weight is 633 g/mol. The third-order valence-corrected chi connectivity index (χ3v) is 8.84. The number of nitrogens with one attached hydrogen (secondary N) is 2. The van der Waals surface area contributed by atoms with E-state index in [1.54, 1.807) is 55.5 Å². The number of carboxylic acids is 1. The van der Waals surface area contributed by atoms with Gasteiger partial charge in [-0.25, -0.2) is 13.2 Å². The average Bonchev–Trinajstić information content (AvgIpc) is 3.04. The first-order valence-electron chi connectivity index (χ1n) is 14.7. The molecule has 236 valence electrons. The van der Waals surface area contributed by atoms with E-state index in [9.17, 15) is 23.4 Å². The molecule has 3 atom stereocenters. The van der Waals surface area contributed by atoms with E-state index in [0.29, 0.717) is 42.4 Å². The van der Waals surface area contributed by atoms with Crippen LogP contribution in [0, 0.1) is 0 Å². The van der Waals surface area contributed by atoms with Crippen LogP contribution in [-0.2, 0) is 21.4 Å². The minimum Gasteiger partial charge on any atom is -0.492 e. The molecule has 1 aliphatic heterocycles. The van der Waals surface area contributed by atoms with Gasteiger partial charge in [-0.15, -0.1) is 0 Å². The Bertz CT molecular complexity index is 1730. The molecular formula is C34H36N2O8S. The molecule has 0 fully saturated rings. The largest absolute Gasteiger partial charge is 0.492 e. The van der Waals surface area contributed by atoms with Crippen LogP contribution in [0.4, 0.5) is 5.69 Å². The first kappa shape index (κ1) is 31.8. The van der Waals surface area contributed by atoms with Gasteiger partial charge in [-0.2, -0.15) is 0 Å². The van der Waals surface area contributed by atoms with Crippen LogP contribution in [0.15, 0.2) is 95.9 Å². The number of ether oxygens (including phenoxy) is 3. The second-order valence-corrected chi connectivity index (χ2v) is 12.4. The molecule has 0 amide bonds. The predicted octanol–water partition coefficient (Wildman–Crippen LogP) is 5.38. The first-order chi connectivity index (χ1) is 21.6. The van der Waals surface area contributed by atoms with Gasteiger partial charge in [0.2, 0.25) is 0 Å². The lowest BCUT2D eigenvalue weighted by Crippen LogP contribution is -2.35. The van der Waals surface area contributed by atoms with Crippen LogP contribution >= 0.6 is 0 Å². The monoisotopic (exact) mass is 632 g/mol. The van der Waals surface area contributed by atoms with Crippen molar-refractivity contribution in [1.82, 2.24) is 5.32 Å². The van der Waals surface area contributed by atoms with Gasteiger partial charge < -0.3 is 29.7 Å². The molecule has 1 heterocycles. The van der Waals surface area contributed by atoms with Crippen LogP contribution in [0.5, 0.6) is 17.2 Å². The van der Waals surface area contributed by atoms with Crippen molar-refractivity contribution < 1.29 is 37.6 Å². The second kappa shape index (κ2) is 14.0. The SMILES string of the molecule is CCC(Oc1ccc(-c2ccc(OCCN[C@@H](C)[C@H](O)c3ccc4cc3NS(=O)(=O)c3cccc(c3)CO4)cc2)cc1)C(=O)O. The minimum absolute atomic E-state index is 0.123. The van der Waals surface area contributed by atoms with Gasteiger partial charge >= 0.3 is 5.97 Å². The summed E-state index contributed by atoms with van der Waals surface area (Å²) in [5.74, 6) is 0.677. The van der Waals surface area contributed by atoms with Crippen molar-refractivity contribution in [3.8, 4) is 28.4 Å². The molecule has 5 rings (SSSR count). The van der Waals surface area contributed by atoms with Crippen LogP contribution in [0.25, 0.3) is 11.1 Å². The maximum absolute atomic E-state index is 13.1. The van der Waals surface area contributed by atoms with Gasteiger partial charge in [0.1, 0.15) is 30.5 Å². The second-order valence-electron chi connectivity index (χ2n) is 10.7. The summed E-state index contributed by atoms with van der Waals surface area (Å²) < 4.78 is 46.0. The number of carboxylic acid groups (broad SMARTS) is 1. The molecular weight excluding hydrogens is 596 g/mol. The number of carbonyl (C=O) groups is 1.